The Kier molecular flexibility index (Phi) is 6.99. The van der Waals surface area contributed by atoms with Crippen molar-refractivity contribution < 1.29 is 4.21 Å². The van der Waals surface area contributed by atoms with Crippen LogP contribution in [0.2, 0.25) is 0 Å². The Labute approximate surface area is 186 Å². The maximum atomic E-state index is 11.3. The number of benzene rings is 1. The molecule has 0 bridgehead atoms. The smallest absolute Gasteiger partial charge is 0.146 e. The van der Waals surface area contributed by atoms with Crippen molar-refractivity contribution in [1.29, 1.82) is 0 Å². The van der Waals surface area contributed by atoms with Crippen LogP contribution in [0.5, 0.6) is 0 Å². The summed E-state index contributed by atoms with van der Waals surface area (Å²) in [5.74, 6) is 0.510. The average molecular weight is 441 g/mol. The van der Waals surface area contributed by atoms with E-state index in [9.17, 15) is 4.21 Å². The van der Waals surface area contributed by atoms with Crippen LogP contribution >= 0.6 is 0 Å². The van der Waals surface area contributed by atoms with E-state index in [0.29, 0.717) is 18.4 Å². The minimum absolute atomic E-state index is 0.498. The molecule has 3 aromatic rings. The lowest BCUT2D eigenvalue weighted by molar-refractivity contribution is 0.320. The Bertz CT molecular complexity index is 1060. The van der Waals surface area contributed by atoms with E-state index in [1.54, 1.807) is 6.26 Å². The second-order valence-corrected chi connectivity index (χ2v) is 9.68. The van der Waals surface area contributed by atoms with Crippen LogP contribution in [-0.4, -0.2) is 50.0 Å². The van der Waals surface area contributed by atoms with Crippen molar-refractivity contribution in [3.8, 4) is 11.1 Å². The van der Waals surface area contributed by atoms with E-state index in [-0.39, 0.29) is 0 Å². The molecule has 0 radical (unpaired) electrons. The van der Waals surface area contributed by atoms with Crippen molar-refractivity contribution in [3.05, 3.63) is 42.4 Å². The van der Waals surface area contributed by atoms with Crippen molar-refractivity contribution in [2.24, 2.45) is 0 Å². The minimum Gasteiger partial charge on any atom is -0.383 e. The van der Waals surface area contributed by atoms with Crippen LogP contribution in [0.3, 0.4) is 0 Å². The van der Waals surface area contributed by atoms with Gasteiger partial charge in [-0.3, -0.25) is 0 Å². The van der Waals surface area contributed by atoms with Gasteiger partial charge in [-0.2, -0.15) is 0 Å². The first-order chi connectivity index (χ1) is 15.0. The van der Waals surface area contributed by atoms with E-state index < -0.39 is 11.0 Å². The van der Waals surface area contributed by atoms with Gasteiger partial charge in [0.2, 0.25) is 0 Å². The highest BCUT2D eigenvalue weighted by molar-refractivity contribution is 7.82. The quantitative estimate of drug-likeness (QED) is 0.634. The number of aromatic nitrogens is 3. The summed E-state index contributed by atoms with van der Waals surface area (Å²) < 4.78 is 16.5. The largest absolute Gasteiger partial charge is 0.383 e. The first kappa shape index (κ1) is 21.9. The Hall–Kier alpha value is -2.29. The Balaban J connectivity index is 0.000000334. The van der Waals surface area contributed by atoms with Gasteiger partial charge in [-0.15, -0.1) is 0 Å². The van der Waals surface area contributed by atoms with E-state index in [1.807, 2.05) is 12.1 Å². The molecule has 5 rings (SSSR count). The summed E-state index contributed by atoms with van der Waals surface area (Å²) >= 11 is 0. The van der Waals surface area contributed by atoms with Crippen LogP contribution in [-0.2, 0) is 17.5 Å². The van der Waals surface area contributed by atoms with Crippen LogP contribution in [0.15, 0.2) is 36.8 Å². The Morgan fingerprint density at radius 3 is 2.58 bits per heavy atom. The molecule has 8 heteroatoms. The average Bonchev–Trinajstić information content (AvgIpc) is 3.34. The van der Waals surface area contributed by atoms with Gasteiger partial charge in [0.15, 0.2) is 0 Å². The van der Waals surface area contributed by atoms with Gasteiger partial charge in [-0.25, -0.2) is 18.9 Å². The van der Waals surface area contributed by atoms with Gasteiger partial charge in [0.25, 0.3) is 0 Å². The molecule has 0 spiro atoms. The SMILES string of the molecule is CN1CCCC1.CS(=O)NCc1cccc(-c2cn(C3CCC3)c3ncnc(N)c23)c1. The summed E-state index contributed by atoms with van der Waals surface area (Å²) in [5, 5.41) is 0.915. The standard InChI is InChI=1S/C18H21N5OS.C5H11N/c1-25(24)22-9-12-4-2-5-13(8-12)15-10-23(14-6-3-7-14)18-16(15)17(19)20-11-21-18;1-6-4-2-3-5-6/h2,4-5,8,10-11,14,22H,3,6-7,9H2,1H3,(H2,19,20,21);2-5H2,1H3. The highest BCUT2D eigenvalue weighted by atomic mass is 32.2. The first-order valence-corrected chi connectivity index (χ1v) is 12.5. The monoisotopic (exact) mass is 440 g/mol. The van der Waals surface area contributed by atoms with Crippen molar-refractivity contribution in [3.63, 3.8) is 0 Å². The summed E-state index contributed by atoms with van der Waals surface area (Å²) in [5.41, 5.74) is 10.3. The second kappa shape index (κ2) is 9.89. The zero-order chi connectivity index (χ0) is 21.8. The zero-order valence-electron chi connectivity index (χ0n) is 18.4. The molecule has 0 amide bonds. The number of nitrogen functional groups attached to an aromatic ring is 1. The third-order valence-corrected chi connectivity index (χ3v) is 6.70. The van der Waals surface area contributed by atoms with Gasteiger partial charge in [-0.1, -0.05) is 18.2 Å². The number of likely N-dealkylation sites (tertiary alicyclic amines) is 1. The molecule has 1 aromatic carbocycles. The summed E-state index contributed by atoms with van der Waals surface area (Å²) in [6, 6.07) is 8.70. The minimum atomic E-state index is -1.03. The molecule has 31 heavy (non-hydrogen) atoms. The predicted molar refractivity (Wildman–Crippen MR) is 128 cm³/mol. The van der Waals surface area contributed by atoms with Gasteiger partial charge < -0.3 is 15.2 Å². The normalized spacial score (nSPS) is 17.9. The van der Waals surface area contributed by atoms with Gasteiger partial charge in [-0.05, 0) is 69.4 Å². The molecule has 1 aliphatic heterocycles. The van der Waals surface area contributed by atoms with Crippen LogP contribution in [0.25, 0.3) is 22.2 Å². The Morgan fingerprint density at radius 1 is 1.19 bits per heavy atom. The van der Waals surface area contributed by atoms with Crippen molar-refractivity contribution in [2.45, 2.75) is 44.7 Å². The molecule has 7 nitrogen and oxygen atoms in total. The summed E-state index contributed by atoms with van der Waals surface area (Å²) in [6.07, 6.45) is 11.8. The fourth-order valence-corrected chi connectivity index (χ4v) is 4.55. The number of nitrogens with two attached hydrogens (primary N) is 1. The fourth-order valence-electron chi connectivity index (χ4n) is 4.18. The lowest BCUT2D eigenvalue weighted by Crippen LogP contribution is -2.16. The van der Waals surface area contributed by atoms with E-state index in [2.05, 4.69) is 49.5 Å². The molecule has 1 atom stereocenters. The first-order valence-electron chi connectivity index (χ1n) is 11.0. The molecule has 2 aromatic heterocycles. The zero-order valence-corrected chi connectivity index (χ0v) is 19.2. The lowest BCUT2D eigenvalue weighted by Gasteiger charge is -2.27. The molecule has 1 saturated heterocycles. The summed E-state index contributed by atoms with van der Waals surface area (Å²) in [6.45, 7) is 3.20. The highest BCUT2D eigenvalue weighted by Gasteiger charge is 2.24. The molecule has 1 saturated carbocycles. The second-order valence-electron chi connectivity index (χ2n) is 8.48. The molecule has 166 valence electrons. The number of fused-ring (bicyclic) bond motifs is 1. The van der Waals surface area contributed by atoms with Crippen LogP contribution < -0.4 is 10.5 Å². The number of hydrogen-bond donors (Lipinski definition) is 2. The topological polar surface area (TPSA) is 89.1 Å². The molecule has 3 heterocycles. The van der Waals surface area contributed by atoms with Gasteiger partial charge in [0, 0.05) is 30.6 Å². The number of anilines is 1. The van der Waals surface area contributed by atoms with Crippen LogP contribution in [0.1, 0.15) is 43.7 Å². The fraction of sp³-hybridized carbons (Fsp3) is 0.478. The van der Waals surface area contributed by atoms with Gasteiger partial charge >= 0.3 is 0 Å². The molecular weight excluding hydrogens is 408 g/mol. The van der Waals surface area contributed by atoms with Crippen LogP contribution in [0.4, 0.5) is 5.82 Å². The maximum Gasteiger partial charge on any atom is 0.146 e. The van der Waals surface area contributed by atoms with Crippen molar-refractivity contribution in [1.82, 2.24) is 24.2 Å². The summed E-state index contributed by atoms with van der Waals surface area (Å²) in [4.78, 5) is 11.0. The Morgan fingerprint density at radius 2 is 1.97 bits per heavy atom. The number of nitrogens with one attached hydrogen (secondary N) is 1. The number of nitrogens with zero attached hydrogens (tertiary/aromatic N) is 4. The lowest BCUT2D eigenvalue weighted by atomic mass is 9.93. The number of hydrogen-bond acceptors (Lipinski definition) is 5. The molecule has 2 fully saturated rings. The van der Waals surface area contributed by atoms with E-state index in [4.69, 9.17) is 5.73 Å². The highest BCUT2D eigenvalue weighted by Crippen LogP contribution is 2.39. The summed E-state index contributed by atoms with van der Waals surface area (Å²) in [7, 11) is 1.14. The van der Waals surface area contributed by atoms with Gasteiger partial charge in [0.05, 0.1) is 16.4 Å². The van der Waals surface area contributed by atoms with E-state index in [1.165, 1.54) is 51.5 Å². The molecular formula is C23H32N6OS. The molecule has 1 unspecified atom stereocenters. The number of rotatable bonds is 5. The van der Waals surface area contributed by atoms with Crippen LogP contribution in [0, 0.1) is 0 Å². The molecule has 1 aliphatic carbocycles. The van der Waals surface area contributed by atoms with Crippen molar-refractivity contribution in [2.75, 3.05) is 32.1 Å². The predicted octanol–water partition coefficient (Wildman–Crippen LogP) is 3.50. The maximum absolute atomic E-state index is 11.3. The third-order valence-electron chi connectivity index (χ3n) is 6.15. The third kappa shape index (κ3) is 5.14. The molecule has 3 N–H and O–H groups in total. The van der Waals surface area contributed by atoms with Crippen molar-refractivity contribution >= 4 is 27.8 Å². The molecule has 2 aliphatic rings. The van der Waals surface area contributed by atoms with Gasteiger partial charge in [0.1, 0.15) is 17.8 Å². The van der Waals surface area contributed by atoms with E-state index >= 15 is 0 Å². The van der Waals surface area contributed by atoms with E-state index in [0.717, 1.165) is 27.7 Å².